The molecule has 94 valence electrons. The van der Waals surface area contributed by atoms with Gasteiger partial charge in [0.25, 0.3) is 5.91 Å². The van der Waals surface area contributed by atoms with Crippen LogP contribution in [0.3, 0.4) is 0 Å². The van der Waals surface area contributed by atoms with Crippen LogP contribution in [0.5, 0.6) is 0 Å². The number of carbonyl (C=O) groups is 1. The summed E-state index contributed by atoms with van der Waals surface area (Å²) in [5, 5.41) is 4.43. The predicted molar refractivity (Wildman–Crippen MR) is 70.7 cm³/mol. The number of benzene rings is 1. The van der Waals surface area contributed by atoms with Crippen molar-refractivity contribution in [2.75, 3.05) is 5.73 Å². The van der Waals surface area contributed by atoms with E-state index in [4.69, 9.17) is 11.5 Å². The lowest BCUT2D eigenvalue weighted by Gasteiger charge is -2.08. The number of primary amides is 1. The largest absolute Gasteiger partial charge is 0.398 e. The molecular formula is C13H16N4O. The van der Waals surface area contributed by atoms with Gasteiger partial charge in [-0.15, -0.1) is 0 Å². The van der Waals surface area contributed by atoms with Crippen molar-refractivity contribution < 1.29 is 4.79 Å². The van der Waals surface area contributed by atoms with Crippen LogP contribution < -0.4 is 11.5 Å². The molecule has 0 radical (unpaired) electrons. The summed E-state index contributed by atoms with van der Waals surface area (Å²) in [5.41, 5.74) is 15.6. The molecule has 0 aliphatic carbocycles. The van der Waals surface area contributed by atoms with Crippen LogP contribution in [-0.2, 0) is 0 Å². The predicted octanol–water partition coefficient (Wildman–Crippen LogP) is 1.48. The van der Waals surface area contributed by atoms with Crippen molar-refractivity contribution in [3.63, 3.8) is 0 Å². The quantitative estimate of drug-likeness (QED) is 0.784. The van der Waals surface area contributed by atoms with Crippen molar-refractivity contribution >= 4 is 11.6 Å². The van der Waals surface area contributed by atoms with E-state index in [9.17, 15) is 4.79 Å². The fourth-order valence-corrected chi connectivity index (χ4v) is 1.86. The molecule has 18 heavy (non-hydrogen) atoms. The molecule has 0 bridgehead atoms. The third kappa shape index (κ3) is 1.84. The van der Waals surface area contributed by atoms with Crippen LogP contribution in [0, 0.1) is 20.8 Å². The Kier molecular flexibility index (Phi) is 2.82. The second-order valence-corrected chi connectivity index (χ2v) is 4.34. The lowest BCUT2D eigenvalue weighted by Crippen LogP contribution is -2.14. The summed E-state index contributed by atoms with van der Waals surface area (Å²) in [4.78, 5) is 11.3. The van der Waals surface area contributed by atoms with Gasteiger partial charge >= 0.3 is 0 Å². The highest BCUT2D eigenvalue weighted by Crippen LogP contribution is 2.20. The number of carbonyl (C=O) groups excluding carboxylic acids is 1. The Morgan fingerprint density at radius 2 is 1.94 bits per heavy atom. The monoisotopic (exact) mass is 244 g/mol. The molecule has 5 heteroatoms. The molecule has 2 aromatic rings. The number of nitrogen functional groups attached to an aromatic ring is 1. The molecule has 4 N–H and O–H groups in total. The Labute approximate surface area is 105 Å². The van der Waals surface area contributed by atoms with E-state index >= 15 is 0 Å². The van der Waals surface area contributed by atoms with Gasteiger partial charge in [0, 0.05) is 11.4 Å². The second kappa shape index (κ2) is 4.18. The Hall–Kier alpha value is -2.30. The maximum Gasteiger partial charge on any atom is 0.250 e. The molecule has 0 aliphatic heterocycles. The first kappa shape index (κ1) is 12.2. The van der Waals surface area contributed by atoms with Gasteiger partial charge in [0.1, 0.15) is 0 Å². The summed E-state index contributed by atoms with van der Waals surface area (Å²) in [6, 6.07) is 5.15. The molecule has 0 aliphatic rings. The highest BCUT2D eigenvalue weighted by molar-refractivity contribution is 5.98. The third-order valence-corrected chi connectivity index (χ3v) is 3.20. The molecular weight excluding hydrogens is 228 g/mol. The van der Waals surface area contributed by atoms with E-state index < -0.39 is 5.91 Å². The molecule has 1 heterocycles. The van der Waals surface area contributed by atoms with Gasteiger partial charge in [0.15, 0.2) is 0 Å². The number of rotatable bonds is 2. The van der Waals surface area contributed by atoms with Crippen molar-refractivity contribution in [1.82, 2.24) is 9.78 Å². The molecule has 0 unspecified atom stereocenters. The number of nitrogens with two attached hydrogens (primary N) is 2. The van der Waals surface area contributed by atoms with Crippen molar-refractivity contribution in [3.8, 4) is 5.69 Å². The highest BCUT2D eigenvalue weighted by Gasteiger charge is 2.12. The van der Waals surface area contributed by atoms with Gasteiger partial charge in [-0.1, -0.05) is 0 Å². The summed E-state index contributed by atoms with van der Waals surface area (Å²) in [6.45, 7) is 5.95. The van der Waals surface area contributed by atoms with E-state index in [1.807, 2.05) is 26.8 Å². The van der Waals surface area contributed by atoms with E-state index in [1.165, 1.54) is 0 Å². The summed E-state index contributed by atoms with van der Waals surface area (Å²) in [7, 11) is 0. The Balaban J connectivity index is 2.61. The van der Waals surface area contributed by atoms with Gasteiger partial charge in [0.2, 0.25) is 0 Å². The summed E-state index contributed by atoms with van der Waals surface area (Å²) < 4.78 is 1.79. The van der Waals surface area contributed by atoms with Gasteiger partial charge in [-0.05, 0) is 44.5 Å². The van der Waals surface area contributed by atoms with Crippen molar-refractivity contribution in [2.24, 2.45) is 5.73 Å². The van der Waals surface area contributed by atoms with Gasteiger partial charge in [-0.2, -0.15) is 5.10 Å². The zero-order chi connectivity index (χ0) is 13.4. The SMILES string of the molecule is Cc1nn(-c2ccc(N)c(C(N)=O)c2)c(C)c1C. The second-order valence-electron chi connectivity index (χ2n) is 4.34. The van der Waals surface area contributed by atoms with Crippen LogP contribution in [0.25, 0.3) is 5.69 Å². The average molecular weight is 244 g/mol. The lowest BCUT2D eigenvalue weighted by atomic mass is 10.1. The van der Waals surface area contributed by atoms with E-state index in [2.05, 4.69) is 5.10 Å². The lowest BCUT2D eigenvalue weighted by molar-refractivity contribution is 0.100. The van der Waals surface area contributed by atoms with Crippen molar-refractivity contribution in [1.29, 1.82) is 0 Å². The Morgan fingerprint density at radius 3 is 2.44 bits per heavy atom. The number of amides is 1. The summed E-state index contributed by atoms with van der Waals surface area (Å²) >= 11 is 0. The van der Waals surface area contributed by atoms with E-state index in [0.29, 0.717) is 11.3 Å². The molecule has 2 rings (SSSR count). The van der Waals surface area contributed by atoms with Gasteiger partial charge < -0.3 is 11.5 Å². The van der Waals surface area contributed by atoms with E-state index in [1.54, 1.807) is 16.8 Å². The van der Waals surface area contributed by atoms with Crippen LogP contribution in [0.15, 0.2) is 18.2 Å². The van der Waals surface area contributed by atoms with Crippen LogP contribution in [0.4, 0.5) is 5.69 Å². The number of aromatic nitrogens is 2. The molecule has 1 amide bonds. The normalized spacial score (nSPS) is 10.6. The zero-order valence-corrected chi connectivity index (χ0v) is 10.7. The smallest absolute Gasteiger partial charge is 0.250 e. The minimum absolute atomic E-state index is 0.317. The minimum atomic E-state index is -0.535. The van der Waals surface area contributed by atoms with Crippen LogP contribution in [-0.4, -0.2) is 15.7 Å². The molecule has 0 saturated carbocycles. The first-order valence-electron chi connectivity index (χ1n) is 5.64. The molecule has 0 saturated heterocycles. The van der Waals surface area contributed by atoms with Crippen LogP contribution in [0.2, 0.25) is 0 Å². The van der Waals surface area contributed by atoms with Crippen molar-refractivity contribution in [3.05, 3.63) is 40.7 Å². The van der Waals surface area contributed by atoms with Gasteiger partial charge in [-0.3, -0.25) is 4.79 Å². The number of hydrogen-bond acceptors (Lipinski definition) is 3. The maximum atomic E-state index is 11.3. The van der Waals surface area contributed by atoms with E-state index in [0.717, 1.165) is 22.6 Å². The number of aryl methyl sites for hydroxylation is 1. The highest BCUT2D eigenvalue weighted by atomic mass is 16.1. The average Bonchev–Trinajstić information content (AvgIpc) is 2.57. The summed E-state index contributed by atoms with van der Waals surface area (Å²) in [5.74, 6) is -0.535. The van der Waals surface area contributed by atoms with Crippen LogP contribution >= 0.6 is 0 Å². The number of nitrogens with zero attached hydrogens (tertiary/aromatic N) is 2. The van der Waals surface area contributed by atoms with Gasteiger partial charge in [0.05, 0.1) is 16.9 Å². The van der Waals surface area contributed by atoms with Gasteiger partial charge in [-0.25, -0.2) is 4.68 Å². The fraction of sp³-hybridized carbons (Fsp3) is 0.231. The zero-order valence-electron chi connectivity index (χ0n) is 10.7. The number of anilines is 1. The minimum Gasteiger partial charge on any atom is -0.398 e. The molecule has 5 nitrogen and oxygen atoms in total. The number of hydrogen-bond donors (Lipinski definition) is 2. The molecule has 1 aromatic heterocycles. The topological polar surface area (TPSA) is 86.9 Å². The molecule has 1 aromatic carbocycles. The first-order chi connectivity index (χ1) is 8.41. The summed E-state index contributed by atoms with van der Waals surface area (Å²) in [6.07, 6.45) is 0. The Morgan fingerprint density at radius 1 is 1.28 bits per heavy atom. The molecule has 0 atom stereocenters. The third-order valence-electron chi connectivity index (χ3n) is 3.20. The van der Waals surface area contributed by atoms with Crippen LogP contribution in [0.1, 0.15) is 27.3 Å². The molecule has 0 fully saturated rings. The maximum absolute atomic E-state index is 11.3. The Bertz CT molecular complexity index is 628. The van der Waals surface area contributed by atoms with Crippen molar-refractivity contribution in [2.45, 2.75) is 20.8 Å². The standard InChI is InChI=1S/C13H16N4O/c1-7-8(2)16-17(9(7)3)10-4-5-12(14)11(6-10)13(15)18/h4-6H,14H2,1-3H3,(H2,15,18). The first-order valence-corrected chi connectivity index (χ1v) is 5.64. The fourth-order valence-electron chi connectivity index (χ4n) is 1.86. The van der Waals surface area contributed by atoms with E-state index in [-0.39, 0.29) is 0 Å². The molecule has 0 spiro atoms.